The second kappa shape index (κ2) is 9.95. The summed E-state index contributed by atoms with van der Waals surface area (Å²) in [6, 6.07) is 9.34. The third-order valence-corrected chi connectivity index (χ3v) is 5.33. The lowest BCUT2D eigenvalue weighted by Crippen LogP contribution is -2.40. The van der Waals surface area contributed by atoms with Crippen molar-refractivity contribution in [2.75, 3.05) is 33.3 Å². The molecule has 2 aromatic heterocycles. The molecule has 3 heterocycles. The minimum Gasteiger partial charge on any atom is -0.497 e. The number of methoxy groups -OCH3 is 1. The molecule has 174 valence electrons. The Balaban J connectivity index is 1.53. The number of hydrogen-bond donors (Lipinski definition) is 0. The number of nitrogens with zero attached hydrogens (tertiary/aromatic N) is 6. The molecule has 0 bridgehead atoms. The van der Waals surface area contributed by atoms with Gasteiger partial charge in [-0.25, -0.2) is 9.50 Å². The number of carbonyl (C=O) groups is 2. The number of hydrogen-bond acceptors (Lipinski definition) is 7. The van der Waals surface area contributed by atoms with Gasteiger partial charge >= 0.3 is 0 Å². The minimum atomic E-state index is -0.421. The van der Waals surface area contributed by atoms with E-state index in [-0.39, 0.29) is 30.9 Å². The summed E-state index contributed by atoms with van der Waals surface area (Å²) in [6.07, 6.45) is 2.89. The van der Waals surface area contributed by atoms with E-state index in [4.69, 9.17) is 9.47 Å². The number of amides is 2. The van der Waals surface area contributed by atoms with Crippen molar-refractivity contribution in [3.8, 4) is 5.75 Å². The minimum absolute atomic E-state index is 0.00496. The fraction of sp³-hybridized carbons (Fsp3) is 0.435. The van der Waals surface area contributed by atoms with E-state index < -0.39 is 5.91 Å². The van der Waals surface area contributed by atoms with Gasteiger partial charge in [-0.05, 0) is 29.7 Å². The highest BCUT2D eigenvalue weighted by molar-refractivity contribution is 5.94. The zero-order valence-corrected chi connectivity index (χ0v) is 19.0. The molecule has 0 unspecified atom stereocenters. The number of carbonyl (C=O) groups excluding carboxylic acids is 2. The monoisotopic (exact) mass is 452 g/mol. The van der Waals surface area contributed by atoms with E-state index in [2.05, 4.69) is 28.9 Å². The molecule has 33 heavy (non-hydrogen) atoms. The molecule has 3 aromatic rings. The topological polar surface area (TPSA) is 102 Å². The Kier molecular flexibility index (Phi) is 6.83. The van der Waals surface area contributed by atoms with Crippen LogP contribution in [0.2, 0.25) is 0 Å². The number of ether oxygens (including phenoxy) is 2. The smallest absolute Gasteiger partial charge is 0.294 e. The van der Waals surface area contributed by atoms with E-state index >= 15 is 0 Å². The summed E-state index contributed by atoms with van der Waals surface area (Å²) < 4.78 is 12.9. The fourth-order valence-electron chi connectivity index (χ4n) is 3.80. The van der Waals surface area contributed by atoms with Gasteiger partial charge in [0.1, 0.15) is 12.3 Å². The van der Waals surface area contributed by atoms with Crippen LogP contribution in [0.15, 0.2) is 42.7 Å². The van der Waals surface area contributed by atoms with Crippen LogP contribution < -0.4 is 4.74 Å². The molecule has 1 atom stereocenters. The van der Waals surface area contributed by atoms with Crippen LogP contribution in [-0.2, 0) is 16.1 Å². The van der Waals surface area contributed by atoms with Gasteiger partial charge < -0.3 is 19.3 Å². The predicted molar refractivity (Wildman–Crippen MR) is 120 cm³/mol. The van der Waals surface area contributed by atoms with Crippen molar-refractivity contribution in [1.82, 2.24) is 29.4 Å². The molecule has 1 saturated heterocycles. The maximum Gasteiger partial charge on any atom is 0.294 e. The zero-order valence-electron chi connectivity index (χ0n) is 19.0. The standard InChI is InChI=1S/C23H28N6O4/c1-16(2)11-27-12-19(33-15-17-6-4-7-18(10-17)32-3)13-28(14-20(27)30)22(31)21-25-23-24-8-5-9-29(23)26-21/h4-10,16,19H,11-15H2,1-3H3/t19-/m1/s1. The third-order valence-electron chi connectivity index (χ3n) is 5.33. The van der Waals surface area contributed by atoms with Crippen molar-refractivity contribution < 1.29 is 19.1 Å². The molecule has 10 heteroatoms. The van der Waals surface area contributed by atoms with Crippen molar-refractivity contribution in [3.63, 3.8) is 0 Å². The van der Waals surface area contributed by atoms with Gasteiger partial charge in [0.25, 0.3) is 11.7 Å². The number of fused-ring (bicyclic) bond motifs is 1. The third kappa shape index (κ3) is 5.46. The molecule has 1 aromatic carbocycles. The van der Waals surface area contributed by atoms with Crippen LogP contribution in [0.25, 0.3) is 5.78 Å². The quantitative estimate of drug-likeness (QED) is 0.537. The Bertz CT molecular complexity index is 1100. The van der Waals surface area contributed by atoms with E-state index in [9.17, 15) is 9.59 Å². The molecule has 1 fully saturated rings. The van der Waals surface area contributed by atoms with Gasteiger partial charge in [0.2, 0.25) is 11.7 Å². The summed E-state index contributed by atoms with van der Waals surface area (Å²) >= 11 is 0. The maximum atomic E-state index is 13.2. The van der Waals surface area contributed by atoms with Crippen LogP contribution >= 0.6 is 0 Å². The van der Waals surface area contributed by atoms with Crippen LogP contribution in [-0.4, -0.2) is 80.6 Å². The van der Waals surface area contributed by atoms with Crippen LogP contribution in [0.5, 0.6) is 5.75 Å². The first kappa shape index (κ1) is 22.7. The highest BCUT2D eigenvalue weighted by Crippen LogP contribution is 2.17. The normalized spacial score (nSPS) is 17.0. The predicted octanol–water partition coefficient (Wildman–Crippen LogP) is 1.66. The summed E-state index contributed by atoms with van der Waals surface area (Å²) in [7, 11) is 1.62. The van der Waals surface area contributed by atoms with Crippen molar-refractivity contribution in [3.05, 3.63) is 54.1 Å². The van der Waals surface area contributed by atoms with Gasteiger partial charge in [0, 0.05) is 32.0 Å². The Morgan fingerprint density at radius 3 is 2.85 bits per heavy atom. The van der Waals surface area contributed by atoms with Crippen molar-refractivity contribution in [2.45, 2.75) is 26.6 Å². The molecule has 0 N–H and O–H groups in total. The summed E-state index contributed by atoms with van der Waals surface area (Å²) in [5, 5.41) is 4.22. The van der Waals surface area contributed by atoms with E-state index in [0.717, 1.165) is 11.3 Å². The number of benzene rings is 1. The van der Waals surface area contributed by atoms with Gasteiger partial charge in [-0.3, -0.25) is 9.59 Å². The van der Waals surface area contributed by atoms with E-state index in [0.29, 0.717) is 31.4 Å². The second-order valence-electron chi connectivity index (χ2n) is 8.46. The lowest BCUT2D eigenvalue weighted by Gasteiger charge is -2.26. The molecule has 1 aliphatic heterocycles. The van der Waals surface area contributed by atoms with E-state index in [1.807, 2.05) is 24.3 Å². The summed E-state index contributed by atoms with van der Waals surface area (Å²) in [5.74, 6) is 0.833. The molecular weight excluding hydrogens is 424 g/mol. The lowest BCUT2D eigenvalue weighted by atomic mass is 10.2. The summed E-state index contributed by atoms with van der Waals surface area (Å²) in [4.78, 5) is 37.8. The first-order chi connectivity index (χ1) is 15.9. The molecule has 0 spiro atoms. The SMILES string of the molecule is COc1cccc(CO[C@@H]2CN(CC(C)C)C(=O)CN(C(=O)c3nc4ncccn4n3)C2)c1. The van der Waals surface area contributed by atoms with E-state index in [1.54, 1.807) is 30.5 Å². The first-order valence-corrected chi connectivity index (χ1v) is 10.9. The van der Waals surface area contributed by atoms with Gasteiger partial charge in [-0.15, -0.1) is 5.10 Å². The van der Waals surface area contributed by atoms with Crippen LogP contribution in [0.1, 0.15) is 30.0 Å². The molecule has 2 amide bonds. The first-order valence-electron chi connectivity index (χ1n) is 10.9. The number of rotatable bonds is 7. The van der Waals surface area contributed by atoms with Gasteiger partial charge in [-0.2, -0.15) is 4.98 Å². The van der Waals surface area contributed by atoms with E-state index in [1.165, 1.54) is 9.42 Å². The molecule has 0 radical (unpaired) electrons. The fourth-order valence-corrected chi connectivity index (χ4v) is 3.80. The highest BCUT2D eigenvalue weighted by atomic mass is 16.5. The summed E-state index contributed by atoms with van der Waals surface area (Å²) in [6.45, 7) is 5.66. The number of aromatic nitrogens is 4. The molecule has 4 rings (SSSR count). The zero-order chi connectivity index (χ0) is 23.4. The molecule has 0 saturated carbocycles. The Morgan fingerprint density at radius 1 is 1.24 bits per heavy atom. The van der Waals surface area contributed by atoms with Crippen LogP contribution in [0, 0.1) is 5.92 Å². The summed E-state index contributed by atoms with van der Waals surface area (Å²) in [5.41, 5.74) is 0.950. The van der Waals surface area contributed by atoms with Crippen molar-refractivity contribution in [2.24, 2.45) is 5.92 Å². The Labute approximate surface area is 192 Å². The Hall–Kier alpha value is -3.53. The second-order valence-corrected chi connectivity index (χ2v) is 8.46. The Morgan fingerprint density at radius 2 is 2.09 bits per heavy atom. The van der Waals surface area contributed by atoms with Crippen LogP contribution in [0.3, 0.4) is 0 Å². The average molecular weight is 453 g/mol. The largest absolute Gasteiger partial charge is 0.497 e. The molecule has 10 nitrogen and oxygen atoms in total. The maximum absolute atomic E-state index is 13.2. The van der Waals surface area contributed by atoms with Crippen molar-refractivity contribution in [1.29, 1.82) is 0 Å². The molecule has 1 aliphatic rings. The van der Waals surface area contributed by atoms with Gasteiger partial charge in [0.15, 0.2) is 0 Å². The highest BCUT2D eigenvalue weighted by Gasteiger charge is 2.33. The van der Waals surface area contributed by atoms with Crippen molar-refractivity contribution >= 4 is 17.6 Å². The van der Waals surface area contributed by atoms with Gasteiger partial charge in [-0.1, -0.05) is 26.0 Å². The van der Waals surface area contributed by atoms with Gasteiger partial charge in [0.05, 0.1) is 19.8 Å². The average Bonchev–Trinajstić information content (AvgIpc) is 3.18. The van der Waals surface area contributed by atoms with Crippen LogP contribution in [0.4, 0.5) is 0 Å². The molecule has 0 aliphatic carbocycles. The lowest BCUT2D eigenvalue weighted by molar-refractivity contribution is -0.132. The molecular formula is C23H28N6O4.